The first-order valence-electron chi connectivity index (χ1n) is 8.40. The van der Waals surface area contributed by atoms with Crippen LogP contribution < -0.4 is 0 Å². The van der Waals surface area contributed by atoms with Crippen molar-refractivity contribution in [2.75, 3.05) is 0 Å². The van der Waals surface area contributed by atoms with E-state index in [4.69, 9.17) is 0 Å². The van der Waals surface area contributed by atoms with Crippen LogP contribution >= 0.6 is 0 Å². The van der Waals surface area contributed by atoms with Crippen LogP contribution in [0.4, 0.5) is 0 Å². The fraction of sp³-hybridized carbons (Fsp3) is 0.667. The minimum atomic E-state index is -1.39. The van der Waals surface area contributed by atoms with Crippen LogP contribution in [0.1, 0.15) is 38.2 Å². The molecule has 0 aliphatic rings. The highest BCUT2D eigenvalue weighted by Gasteiger charge is 2.31. The van der Waals surface area contributed by atoms with Crippen molar-refractivity contribution in [1.82, 2.24) is 0 Å². The molecule has 1 rings (SSSR count). The van der Waals surface area contributed by atoms with Crippen LogP contribution in [0.15, 0.2) is 29.2 Å². The minimum absolute atomic E-state index is 0.133. The van der Waals surface area contributed by atoms with Crippen molar-refractivity contribution < 1.29 is 9.32 Å². The standard InChI is InChI=1S/C18H32O2SSi/c1-6-7-8-9-17(19)18(14-22(3,4)5)21(20)16-12-10-15(2)11-13-16/h10-13,17-19H,6-9,14H2,1-5H3/t17-,18+,21+/m1/s1. The molecule has 0 unspecified atom stereocenters. The van der Waals surface area contributed by atoms with Crippen molar-refractivity contribution in [3.63, 3.8) is 0 Å². The minimum Gasteiger partial charge on any atom is -0.392 e. The van der Waals surface area contributed by atoms with E-state index >= 15 is 0 Å². The summed E-state index contributed by atoms with van der Waals surface area (Å²) in [5.41, 5.74) is 1.17. The average molecular weight is 341 g/mol. The van der Waals surface area contributed by atoms with E-state index in [2.05, 4.69) is 26.6 Å². The number of benzene rings is 1. The van der Waals surface area contributed by atoms with Crippen molar-refractivity contribution in [2.24, 2.45) is 0 Å². The number of rotatable bonds is 9. The molecular weight excluding hydrogens is 308 g/mol. The molecule has 4 heteroatoms. The largest absolute Gasteiger partial charge is 0.392 e. The molecule has 0 saturated heterocycles. The first-order valence-corrected chi connectivity index (χ1v) is 13.3. The molecule has 0 saturated carbocycles. The quantitative estimate of drug-likeness (QED) is 0.520. The first kappa shape index (κ1) is 19.6. The lowest BCUT2D eigenvalue weighted by Gasteiger charge is -2.28. The van der Waals surface area contributed by atoms with Crippen LogP contribution in [0, 0.1) is 6.92 Å². The van der Waals surface area contributed by atoms with Crippen LogP contribution in [0.3, 0.4) is 0 Å². The third-order valence-corrected chi connectivity index (χ3v) is 7.60. The normalized spacial score (nSPS) is 16.3. The number of unbranched alkanes of at least 4 members (excludes halogenated alkanes) is 2. The van der Waals surface area contributed by atoms with Gasteiger partial charge in [-0.15, -0.1) is 0 Å². The van der Waals surface area contributed by atoms with Gasteiger partial charge in [0.25, 0.3) is 0 Å². The van der Waals surface area contributed by atoms with Crippen molar-refractivity contribution in [3.05, 3.63) is 29.8 Å². The molecule has 0 heterocycles. The summed E-state index contributed by atoms with van der Waals surface area (Å²) in [6.07, 6.45) is 3.60. The second kappa shape index (κ2) is 8.99. The van der Waals surface area contributed by atoms with Gasteiger partial charge in [0.05, 0.1) is 22.2 Å². The highest BCUT2D eigenvalue weighted by atomic mass is 32.2. The van der Waals surface area contributed by atoms with Gasteiger partial charge in [-0.25, -0.2) is 0 Å². The Morgan fingerprint density at radius 3 is 2.23 bits per heavy atom. The molecule has 0 amide bonds. The summed E-state index contributed by atoms with van der Waals surface area (Å²) < 4.78 is 13.0. The number of aryl methyl sites for hydroxylation is 1. The number of hydrogen-bond acceptors (Lipinski definition) is 2. The molecule has 1 N–H and O–H groups in total. The third kappa shape index (κ3) is 6.76. The van der Waals surface area contributed by atoms with E-state index in [0.717, 1.165) is 36.6 Å². The van der Waals surface area contributed by atoms with Gasteiger partial charge < -0.3 is 5.11 Å². The second-order valence-corrected chi connectivity index (χ2v) is 14.7. The van der Waals surface area contributed by atoms with Gasteiger partial charge in [-0.05, 0) is 31.5 Å². The summed E-state index contributed by atoms with van der Waals surface area (Å²) in [6, 6.07) is 8.80. The molecule has 0 radical (unpaired) electrons. The zero-order valence-corrected chi connectivity index (χ0v) is 16.6. The topological polar surface area (TPSA) is 37.3 Å². The Morgan fingerprint density at radius 2 is 1.73 bits per heavy atom. The first-order chi connectivity index (χ1) is 10.2. The Bertz CT molecular complexity index is 465. The maximum atomic E-state index is 13.0. The van der Waals surface area contributed by atoms with E-state index in [9.17, 15) is 9.32 Å². The highest BCUT2D eigenvalue weighted by molar-refractivity contribution is 7.85. The third-order valence-electron chi connectivity index (χ3n) is 3.87. The number of aliphatic hydroxyl groups is 1. The summed E-state index contributed by atoms with van der Waals surface area (Å²) in [5, 5.41) is 10.5. The van der Waals surface area contributed by atoms with Gasteiger partial charge in [-0.2, -0.15) is 0 Å². The van der Waals surface area contributed by atoms with Crippen molar-refractivity contribution in [1.29, 1.82) is 0 Å². The van der Waals surface area contributed by atoms with E-state index in [0.29, 0.717) is 0 Å². The molecule has 1 aromatic carbocycles. The zero-order valence-electron chi connectivity index (χ0n) is 14.8. The predicted molar refractivity (Wildman–Crippen MR) is 99.7 cm³/mol. The van der Waals surface area contributed by atoms with Gasteiger partial charge in [0.2, 0.25) is 0 Å². The summed E-state index contributed by atoms with van der Waals surface area (Å²) in [7, 11) is -2.52. The Kier molecular flexibility index (Phi) is 8.01. The fourth-order valence-electron chi connectivity index (χ4n) is 2.59. The summed E-state index contributed by atoms with van der Waals surface area (Å²) in [6.45, 7) is 11.0. The van der Waals surface area contributed by atoms with Gasteiger partial charge in [0.15, 0.2) is 0 Å². The monoisotopic (exact) mass is 340 g/mol. The van der Waals surface area contributed by atoms with Crippen LogP contribution in [0.2, 0.25) is 25.7 Å². The maximum Gasteiger partial charge on any atom is 0.0684 e. The lowest BCUT2D eigenvalue weighted by atomic mass is 10.1. The summed E-state index contributed by atoms with van der Waals surface area (Å²) in [4.78, 5) is 0.850. The number of hydrogen-bond donors (Lipinski definition) is 1. The van der Waals surface area contributed by atoms with Gasteiger partial charge in [0.1, 0.15) is 0 Å². The summed E-state index contributed by atoms with van der Waals surface area (Å²) >= 11 is 0. The fourth-order valence-corrected chi connectivity index (χ4v) is 7.35. The molecule has 2 nitrogen and oxygen atoms in total. The summed E-state index contributed by atoms with van der Waals surface area (Å²) in [5.74, 6) is 0. The van der Waals surface area contributed by atoms with Crippen molar-refractivity contribution in [2.45, 2.75) is 81.5 Å². The van der Waals surface area contributed by atoms with Crippen LogP contribution in [0.25, 0.3) is 0 Å². The van der Waals surface area contributed by atoms with Crippen molar-refractivity contribution in [3.8, 4) is 0 Å². The molecule has 0 aliphatic carbocycles. The molecule has 0 aromatic heterocycles. The Labute approximate surface area is 139 Å². The molecular formula is C18H32O2SSi. The van der Waals surface area contributed by atoms with Gasteiger partial charge in [-0.1, -0.05) is 63.5 Å². The molecule has 0 spiro atoms. The van der Waals surface area contributed by atoms with E-state index in [-0.39, 0.29) is 5.25 Å². The van der Waals surface area contributed by atoms with E-state index in [1.165, 1.54) is 5.56 Å². The van der Waals surface area contributed by atoms with E-state index in [1.54, 1.807) is 0 Å². The highest BCUT2D eigenvalue weighted by Crippen LogP contribution is 2.25. The Hall–Kier alpha value is -0.453. The van der Waals surface area contributed by atoms with E-state index < -0.39 is 25.0 Å². The van der Waals surface area contributed by atoms with Crippen LogP contribution in [-0.2, 0) is 10.8 Å². The Balaban J connectivity index is 2.88. The lowest BCUT2D eigenvalue weighted by molar-refractivity contribution is 0.160. The SMILES string of the molecule is CCCCC[C@@H](O)[C@H](C[Si](C)(C)C)[S@@](=O)c1ccc(C)cc1. The maximum absolute atomic E-state index is 13.0. The van der Waals surface area contributed by atoms with Gasteiger partial charge in [-0.3, -0.25) is 4.21 Å². The average Bonchev–Trinajstić information content (AvgIpc) is 2.44. The molecule has 126 valence electrons. The predicted octanol–water partition coefficient (Wildman–Crippen LogP) is 4.75. The van der Waals surface area contributed by atoms with Crippen LogP contribution in [-0.4, -0.2) is 28.7 Å². The zero-order chi connectivity index (χ0) is 16.8. The van der Waals surface area contributed by atoms with Crippen molar-refractivity contribution >= 4 is 18.9 Å². The second-order valence-electron chi connectivity index (χ2n) is 7.48. The number of aliphatic hydroxyl groups excluding tert-OH is 1. The van der Waals surface area contributed by atoms with E-state index in [1.807, 2.05) is 31.2 Å². The molecule has 3 atom stereocenters. The molecule has 0 bridgehead atoms. The molecule has 0 aliphatic heterocycles. The molecule has 1 aromatic rings. The van der Waals surface area contributed by atoms with Crippen LogP contribution in [0.5, 0.6) is 0 Å². The van der Waals surface area contributed by atoms with Gasteiger partial charge >= 0.3 is 0 Å². The smallest absolute Gasteiger partial charge is 0.0684 e. The molecule has 0 fully saturated rings. The Morgan fingerprint density at radius 1 is 1.14 bits per heavy atom. The lowest BCUT2D eigenvalue weighted by Crippen LogP contribution is -2.37. The molecule has 22 heavy (non-hydrogen) atoms. The van der Waals surface area contributed by atoms with Gasteiger partial charge in [0, 0.05) is 13.0 Å².